The van der Waals surface area contributed by atoms with E-state index in [1.165, 1.54) is 24.8 Å². The number of anilines is 3. The number of nitrogens with zero attached hydrogens (tertiary/aromatic N) is 5. The summed E-state index contributed by atoms with van der Waals surface area (Å²) in [7, 11) is 2.16. The summed E-state index contributed by atoms with van der Waals surface area (Å²) in [6.45, 7) is 8.96. The van der Waals surface area contributed by atoms with Crippen LogP contribution in [0, 0.1) is 0 Å². The van der Waals surface area contributed by atoms with Crippen molar-refractivity contribution in [2.45, 2.75) is 82.2 Å². The highest BCUT2D eigenvalue weighted by Gasteiger charge is 2.41. The fourth-order valence-electron chi connectivity index (χ4n) is 8.20. The van der Waals surface area contributed by atoms with Gasteiger partial charge in [-0.3, -0.25) is 29.4 Å². The van der Waals surface area contributed by atoms with Gasteiger partial charge in [0, 0.05) is 84.2 Å². The summed E-state index contributed by atoms with van der Waals surface area (Å²) in [5, 5.41) is 4.29. The zero-order valence-electron chi connectivity index (χ0n) is 29.4. The van der Waals surface area contributed by atoms with E-state index in [1.54, 1.807) is 4.90 Å². The molecule has 0 aliphatic carbocycles. The minimum Gasteiger partial charge on any atom is -0.371 e. The molecule has 3 aromatic rings. The molecular formula is C39H48N6O4S. The molecule has 0 saturated carbocycles. The zero-order valence-corrected chi connectivity index (χ0v) is 30.2. The Morgan fingerprint density at radius 1 is 0.940 bits per heavy atom. The van der Waals surface area contributed by atoms with Crippen LogP contribution in [0.4, 0.5) is 17.1 Å². The Morgan fingerprint density at radius 3 is 2.48 bits per heavy atom. The third kappa shape index (κ3) is 6.75. The smallest absolute Gasteiger partial charge is 0.259 e. The summed E-state index contributed by atoms with van der Waals surface area (Å²) in [5.74, 6) is 0.00495. The maximum Gasteiger partial charge on any atom is 0.259 e. The fourth-order valence-corrected chi connectivity index (χ4v) is 9.38. The summed E-state index contributed by atoms with van der Waals surface area (Å²) in [6.07, 6.45) is 7.25. The largest absolute Gasteiger partial charge is 0.371 e. The van der Waals surface area contributed by atoms with Gasteiger partial charge in [0.25, 0.3) is 5.91 Å². The molecule has 4 aliphatic heterocycles. The predicted molar refractivity (Wildman–Crippen MR) is 201 cm³/mol. The lowest BCUT2D eigenvalue weighted by molar-refractivity contribution is -0.134. The molecule has 0 radical (unpaired) electrons. The molecule has 3 fully saturated rings. The van der Waals surface area contributed by atoms with E-state index < -0.39 is 11.9 Å². The summed E-state index contributed by atoms with van der Waals surface area (Å²) in [5.41, 5.74) is 4.84. The number of nitrogens with one attached hydrogen (secondary N) is 1. The van der Waals surface area contributed by atoms with Gasteiger partial charge < -0.3 is 14.7 Å². The van der Waals surface area contributed by atoms with Crippen molar-refractivity contribution >= 4 is 63.9 Å². The Morgan fingerprint density at radius 2 is 1.72 bits per heavy atom. The number of hydrogen-bond donors (Lipinski definition) is 1. The molecule has 10 nitrogen and oxygen atoms in total. The number of likely N-dealkylation sites (N-methyl/N-ethyl adjacent to an activating group) is 1. The van der Waals surface area contributed by atoms with Crippen LogP contribution in [0.2, 0.25) is 0 Å². The highest BCUT2D eigenvalue weighted by Crippen LogP contribution is 2.44. The second-order valence-corrected chi connectivity index (χ2v) is 15.8. The first-order chi connectivity index (χ1) is 24.1. The summed E-state index contributed by atoms with van der Waals surface area (Å²) in [6, 6.07) is 18.0. The van der Waals surface area contributed by atoms with E-state index in [1.807, 2.05) is 41.1 Å². The van der Waals surface area contributed by atoms with Crippen LogP contribution in [0.15, 0.2) is 54.6 Å². The Hall–Kier alpha value is -3.93. The van der Waals surface area contributed by atoms with Crippen LogP contribution in [0.25, 0.3) is 10.8 Å². The number of carbonyl (C=O) groups excluding carboxylic acids is 4. The fraction of sp³-hybridized carbons (Fsp3) is 0.487. The molecule has 1 N–H and O–H groups in total. The van der Waals surface area contributed by atoms with Crippen molar-refractivity contribution in [3.63, 3.8) is 0 Å². The highest BCUT2D eigenvalue weighted by molar-refractivity contribution is 7.96. The molecule has 4 aliphatic rings. The van der Waals surface area contributed by atoms with Crippen molar-refractivity contribution in [1.82, 2.24) is 14.5 Å². The van der Waals surface area contributed by atoms with Crippen molar-refractivity contribution < 1.29 is 19.2 Å². The molecule has 4 heterocycles. The Kier molecular flexibility index (Phi) is 9.91. The van der Waals surface area contributed by atoms with Crippen LogP contribution in [0.3, 0.4) is 0 Å². The van der Waals surface area contributed by atoms with Crippen LogP contribution in [0.1, 0.15) is 74.7 Å². The average molecular weight is 697 g/mol. The number of hydrogen-bond acceptors (Lipinski definition) is 8. The van der Waals surface area contributed by atoms with Crippen molar-refractivity contribution in [1.29, 1.82) is 0 Å². The quantitative estimate of drug-likeness (QED) is 0.158. The second kappa shape index (κ2) is 14.4. The van der Waals surface area contributed by atoms with E-state index in [2.05, 4.69) is 70.6 Å². The molecule has 7 rings (SSSR count). The van der Waals surface area contributed by atoms with Crippen molar-refractivity contribution in [2.75, 3.05) is 54.5 Å². The van der Waals surface area contributed by atoms with E-state index in [-0.39, 0.29) is 23.8 Å². The van der Waals surface area contributed by atoms with E-state index in [0.29, 0.717) is 24.6 Å². The molecule has 1 atom stereocenters. The first-order valence-electron chi connectivity index (χ1n) is 18.0. The first kappa shape index (κ1) is 34.5. The van der Waals surface area contributed by atoms with Crippen LogP contribution in [-0.2, 0) is 20.1 Å². The number of rotatable bonds is 11. The Labute approximate surface area is 299 Å². The molecule has 0 spiro atoms. The lowest BCUT2D eigenvalue weighted by Gasteiger charge is -2.41. The van der Waals surface area contributed by atoms with Gasteiger partial charge >= 0.3 is 0 Å². The summed E-state index contributed by atoms with van der Waals surface area (Å²) in [4.78, 5) is 58.5. The minimum atomic E-state index is -0.692. The van der Waals surface area contributed by atoms with Crippen LogP contribution < -0.4 is 20.0 Å². The topological polar surface area (TPSA) is 96.5 Å². The van der Waals surface area contributed by atoms with E-state index in [9.17, 15) is 19.2 Å². The maximum absolute atomic E-state index is 13.6. The SMILES string of the molecule is CN(CCN(C=O)c1cccc(CSN2CCCCC2(C)C)c1)C1CCN(c2ccc3c4c(cccc24)C(=O)N3C2CCC(=O)NC2=O)CC1. The van der Waals surface area contributed by atoms with E-state index in [0.717, 1.165) is 79.0 Å². The summed E-state index contributed by atoms with van der Waals surface area (Å²) < 4.78 is 2.53. The molecule has 11 heteroatoms. The van der Waals surface area contributed by atoms with Gasteiger partial charge in [-0.15, -0.1) is 0 Å². The number of carbonyl (C=O) groups is 4. The Bertz CT molecular complexity index is 1790. The second-order valence-electron chi connectivity index (χ2n) is 14.8. The number of amides is 4. The van der Waals surface area contributed by atoms with Gasteiger partial charge in [-0.25, -0.2) is 4.31 Å². The van der Waals surface area contributed by atoms with Gasteiger partial charge in [-0.1, -0.05) is 42.6 Å². The number of piperidine rings is 3. The van der Waals surface area contributed by atoms with Crippen LogP contribution in [0.5, 0.6) is 0 Å². The lowest BCUT2D eigenvalue weighted by atomic mass is 9.93. The minimum absolute atomic E-state index is 0.186. The molecule has 4 amide bonds. The van der Waals surface area contributed by atoms with Gasteiger partial charge in [-0.2, -0.15) is 0 Å². The van der Waals surface area contributed by atoms with Crippen LogP contribution in [-0.4, -0.2) is 90.7 Å². The molecule has 0 aromatic heterocycles. The lowest BCUT2D eigenvalue weighted by Crippen LogP contribution is -2.53. The number of imide groups is 1. The average Bonchev–Trinajstić information content (AvgIpc) is 3.40. The molecule has 1 unspecified atom stereocenters. The highest BCUT2D eigenvalue weighted by atomic mass is 32.2. The monoisotopic (exact) mass is 696 g/mol. The van der Waals surface area contributed by atoms with E-state index in [4.69, 9.17) is 0 Å². The predicted octanol–water partition coefficient (Wildman–Crippen LogP) is 5.58. The molecular weight excluding hydrogens is 649 g/mol. The first-order valence-corrected chi connectivity index (χ1v) is 19.0. The summed E-state index contributed by atoms with van der Waals surface area (Å²) >= 11 is 1.90. The standard InChI is InChI=1S/C39H48N6O4S/c1-39(2)18-4-5-19-44(39)50-25-27-8-6-9-29(24-27)43(26-46)23-22-41(3)28-16-20-42(21-17-28)32-12-13-33-36-30(32)10-7-11-31(36)38(49)45(33)34-14-15-35(47)40-37(34)48/h6-13,24,26,28,34H,4-5,14-23,25H2,1-3H3,(H,40,47,48). The van der Waals surface area contributed by atoms with Gasteiger partial charge in [0.1, 0.15) is 6.04 Å². The zero-order chi connectivity index (χ0) is 35.0. The van der Waals surface area contributed by atoms with Crippen LogP contribution >= 0.6 is 11.9 Å². The molecule has 264 valence electrons. The van der Waals surface area contributed by atoms with E-state index >= 15 is 0 Å². The van der Waals surface area contributed by atoms with Gasteiger partial charge in [-0.05, 0) is 88.9 Å². The number of benzene rings is 3. The Balaban J connectivity index is 0.961. The van der Waals surface area contributed by atoms with Gasteiger partial charge in [0.2, 0.25) is 18.2 Å². The molecule has 3 aromatic carbocycles. The van der Waals surface area contributed by atoms with Gasteiger partial charge in [0.15, 0.2) is 0 Å². The third-order valence-corrected chi connectivity index (χ3v) is 12.6. The van der Waals surface area contributed by atoms with Crippen molar-refractivity contribution in [3.05, 3.63) is 65.7 Å². The van der Waals surface area contributed by atoms with Crippen molar-refractivity contribution in [3.8, 4) is 0 Å². The normalized spacial score (nSPS) is 21.3. The van der Waals surface area contributed by atoms with Gasteiger partial charge in [0.05, 0.1) is 5.69 Å². The maximum atomic E-state index is 13.6. The molecule has 0 bridgehead atoms. The third-order valence-electron chi connectivity index (χ3n) is 11.2. The van der Waals surface area contributed by atoms with Crippen molar-refractivity contribution in [2.24, 2.45) is 0 Å². The molecule has 3 saturated heterocycles. The molecule has 50 heavy (non-hydrogen) atoms.